The number of halogens is 1. The highest BCUT2D eigenvalue weighted by Crippen LogP contribution is 2.28. The molecule has 3 rings (SSSR count). The van der Waals surface area contributed by atoms with Crippen molar-refractivity contribution in [2.75, 3.05) is 11.1 Å². The molecule has 2 aromatic heterocycles. The van der Waals surface area contributed by atoms with Gasteiger partial charge >= 0.3 is 0 Å². The third-order valence-corrected chi connectivity index (χ3v) is 5.36. The van der Waals surface area contributed by atoms with Gasteiger partial charge in [0.1, 0.15) is 0 Å². The molecule has 3 aromatic rings. The highest BCUT2D eigenvalue weighted by molar-refractivity contribution is 9.10. The molecule has 1 aromatic carbocycles. The molecular formula is C17H15BrN6O3S. The molecule has 144 valence electrons. The van der Waals surface area contributed by atoms with Crippen molar-refractivity contribution in [2.24, 2.45) is 0 Å². The van der Waals surface area contributed by atoms with E-state index < -0.39 is 4.92 Å². The quantitative estimate of drug-likeness (QED) is 0.322. The second kappa shape index (κ2) is 8.93. The second-order valence-corrected chi connectivity index (χ2v) is 7.34. The van der Waals surface area contributed by atoms with E-state index in [1.165, 1.54) is 30.0 Å². The average Bonchev–Trinajstić information content (AvgIpc) is 3.11. The standard InChI is InChI=1S/C17H15BrN6O3S/c1-2-23-16(11-5-7-19-8-6-11)21-22-17(23)28-10-15(25)20-14-4-3-12(24(26)27)9-13(14)18/h3-9H,2,10H2,1H3,(H,20,25). The van der Waals surface area contributed by atoms with E-state index in [4.69, 9.17) is 0 Å². The number of thioether (sulfide) groups is 1. The maximum atomic E-state index is 12.3. The maximum absolute atomic E-state index is 12.3. The highest BCUT2D eigenvalue weighted by Gasteiger charge is 2.16. The van der Waals surface area contributed by atoms with Gasteiger partial charge in [-0.15, -0.1) is 10.2 Å². The molecule has 11 heteroatoms. The Labute approximate surface area is 172 Å². The molecule has 28 heavy (non-hydrogen) atoms. The zero-order valence-corrected chi connectivity index (χ0v) is 17.1. The number of hydrogen-bond acceptors (Lipinski definition) is 7. The number of pyridine rings is 1. The minimum absolute atomic E-state index is 0.0565. The Morgan fingerprint density at radius 1 is 1.29 bits per heavy atom. The van der Waals surface area contributed by atoms with Gasteiger partial charge in [-0.05, 0) is 41.1 Å². The van der Waals surface area contributed by atoms with Crippen LogP contribution in [0.25, 0.3) is 11.4 Å². The minimum atomic E-state index is -0.496. The third-order valence-electron chi connectivity index (χ3n) is 3.74. The topological polar surface area (TPSA) is 116 Å². The molecule has 0 radical (unpaired) electrons. The van der Waals surface area contributed by atoms with Crippen molar-refractivity contribution in [2.45, 2.75) is 18.6 Å². The first-order valence-electron chi connectivity index (χ1n) is 8.19. The number of nitrogens with zero attached hydrogens (tertiary/aromatic N) is 5. The highest BCUT2D eigenvalue weighted by atomic mass is 79.9. The summed E-state index contributed by atoms with van der Waals surface area (Å²) in [6.07, 6.45) is 3.37. The first-order valence-corrected chi connectivity index (χ1v) is 9.97. The van der Waals surface area contributed by atoms with Crippen LogP contribution in [0.1, 0.15) is 6.92 Å². The molecule has 0 aliphatic rings. The summed E-state index contributed by atoms with van der Waals surface area (Å²) >= 11 is 4.50. The summed E-state index contributed by atoms with van der Waals surface area (Å²) < 4.78 is 2.37. The van der Waals surface area contributed by atoms with Crippen LogP contribution >= 0.6 is 27.7 Å². The molecule has 0 saturated carbocycles. The van der Waals surface area contributed by atoms with E-state index in [1.54, 1.807) is 12.4 Å². The van der Waals surface area contributed by atoms with E-state index in [2.05, 4.69) is 36.4 Å². The van der Waals surface area contributed by atoms with Gasteiger partial charge < -0.3 is 9.88 Å². The molecule has 1 amide bonds. The zero-order valence-electron chi connectivity index (χ0n) is 14.7. The van der Waals surface area contributed by atoms with Gasteiger partial charge in [0.2, 0.25) is 5.91 Å². The van der Waals surface area contributed by atoms with Crippen molar-refractivity contribution in [3.8, 4) is 11.4 Å². The second-order valence-electron chi connectivity index (χ2n) is 5.54. The van der Waals surface area contributed by atoms with Crippen LogP contribution < -0.4 is 5.32 Å². The van der Waals surface area contributed by atoms with Crippen LogP contribution in [-0.4, -0.2) is 36.3 Å². The summed E-state index contributed by atoms with van der Waals surface area (Å²) in [5.74, 6) is 0.583. The zero-order chi connectivity index (χ0) is 20.1. The van der Waals surface area contributed by atoms with E-state index in [9.17, 15) is 14.9 Å². The lowest BCUT2D eigenvalue weighted by Crippen LogP contribution is -2.15. The fourth-order valence-electron chi connectivity index (χ4n) is 2.43. The normalized spacial score (nSPS) is 10.6. The largest absolute Gasteiger partial charge is 0.324 e. The predicted octanol–water partition coefficient (Wildman–Crippen LogP) is 3.76. The Morgan fingerprint density at radius 2 is 2.04 bits per heavy atom. The summed E-state index contributed by atoms with van der Waals surface area (Å²) in [5.41, 5.74) is 1.31. The van der Waals surface area contributed by atoms with Crippen LogP contribution in [-0.2, 0) is 11.3 Å². The summed E-state index contributed by atoms with van der Waals surface area (Å²) in [4.78, 5) is 26.6. The number of benzene rings is 1. The number of nitrogens with one attached hydrogen (secondary N) is 1. The molecule has 2 heterocycles. The van der Waals surface area contributed by atoms with Crippen molar-refractivity contribution in [1.29, 1.82) is 0 Å². The predicted molar refractivity (Wildman–Crippen MR) is 109 cm³/mol. The molecule has 0 aliphatic carbocycles. The molecule has 0 fully saturated rings. The monoisotopic (exact) mass is 462 g/mol. The van der Waals surface area contributed by atoms with Gasteiger partial charge in [0.25, 0.3) is 5.69 Å². The summed E-state index contributed by atoms with van der Waals surface area (Å²) in [6.45, 7) is 2.63. The smallest absolute Gasteiger partial charge is 0.270 e. The van der Waals surface area contributed by atoms with E-state index in [0.29, 0.717) is 27.7 Å². The fourth-order valence-corrected chi connectivity index (χ4v) is 3.70. The number of nitro benzene ring substituents is 1. The van der Waals surface area contributed by atoms with Crippen molar-refractivity contribution >= 4 is 45.0 Å². The van der Waals surface area contributed by atoms with Gasteiger partial charge in [-0.2, -0.15) is 0 Å². The fraction of sp³-hybridized carbons (Fsp3) is 0.176. The summed E-state index contributed by atoms with van der Waals surface area (Å²) in [6, 6.07) is 7.87. The van der Waals surface area contributed by atoms with E-state index >= 15 is 0 Å². The first kappa shape index (κ1) is 20.0. The minimum Gasteiger partial charge on any atom is -0.324 e. The Hall–Kier alpha value is -2.79. The number of nitro groups is 1. The lowest BCUT2D eigenvalue weighted by atomic mass is 10.2. The number of aromatic nitrogens is 4. The molecule has 0 atom stereocenters. The lowest BCUT2D eigenvalue weighted by Gasteiger charge is -2.08. The lowest BCUT2D eigenvalue weighted by molar-refractivity contribution is -0.384. The molecular weight excluding hydrogens is 448 g/mol. The summed E-state index contributed by atoms with van der Waals surface area (Å²) in [7, 11) is 0. The molecule has 1 N–H and O–H groups in total. The van der Waals surface area contributed by atoms with Gasteiger partial charge in [0.15, 0.2) is 11.0 Å². The molecule has 0 unspecified atom stereocenters. The van der Waals surface area contributed by atoms with Gasteiger partial charge in [-0.25, -0.2) is 0 Å². The molecule has 0 saturated heterocycles. The van der Waals surface area contributed by atoms with E-state index in [1.807, 2.05) is 23.6 Å². The van der Waals surface area contributed by atoms with Crippen LogP contribution in [0, 0.1) is 10.1 Å². The van der Waals surface area contributed by atoms with Crippen molar-refractivity contribution < 1.29 is 9.72 Å². The van der Waals surface area contributed by atoms with Gasteiger partial charge in [0.05, 0.1) is 16.4 Å². The van der Waals surface area contributed by atoms with Crippen LogP contribution in [0.15, 0.2) is 52.4 Å². The molecule has 9 nitrogen and oxygen atoms in total. The summed E-state index contributed by atoms with van der Waals surface area (Å²) in [5, 5.41) is 22.5. The average molecular weight is 463 g/mol. The SMILES string of the molecule is CCn1c(SCC(=O)Nc2ccc([N+](=O)[O-])cc2Br)nnc1-c1ccncc1. The van der Waals surface area contributed by atoms with Crippen molar-refractivity contribution in [1.82, 2.24) is 19.7 Å². The van der Waals surface area contributed by atoms with Crippen LogP contribution in [0.3, 0.4) is 0 Å². The van der Waals surface area contributed by atoms with Crippen LogP contribution in [0.4, 0.5) is 11.4 Å². The number of amides is 1. The Bertz CT molecular complexity index is 1010. The Morgan fingerprint density at radius 3 is 2.68 bits per heavy atom. The maximum Gasteiger partial charge on any atom is 0.270 e. The molecule has 0 aliphatic heterocycles. The van der Waals surface area contributed by atoms with Crippen LogP contribution in [0.2, 0.25) is 0 Å². The number of non-ortho nitro benzene ring substituents is 1. The van der Waals surface area contributed by atoms with Gasteiger partial charge in [-0.1, -0.05) is 11.8 Å². The molecule has 0 spiro atoms. The number of carbonyl (C=O) groups is 1. The van der Waals surface area contributed by atoms with Crippen LogP contribution in [0.5, 0.6) is 0 Å². The van der Waals surface area contributed by atoms with Crippen molar-refractivity contribution in [3.05, 3.63) is 57.3 Å². The first-order chi connectivity index (χ1) is 13.5. The van der Waals surface area contributed by atoms with Gasteiger partial charge in [-0.3, -0.25) is 19.9 Å². The number of hydrogen-bond donors (Lipinski definition) is 1. The number of anilines is 1. The Kier molecular flexibility index (Phi) is 6.37. The van der Waals surface area contributed by atoms with E-state index in [-0.39, 0.29) is 17.3 Å². The van der Waals surface area contributed by atoms with Gasteiger partial charge in [0, 0.05) is 41.1 Å². The third kappa shape index (κ3) is 4.54. The number of rotatable bonds is 7. The number of carbonyl (C=O) groups excluding carboxylic acids is 1. The molecule has 0 bridgehead atoms. The Balaban J connectivity index is 1.67. The van der Waals surface area contributed by atoms with E-state index in [0.717, 1.165) is 5.56 Å². The van der Waals surface area contributed by atoms with Crippen molar-refractivity contribution in [3.63, 3.8) is 0 Å².